The van der Waals surface area contributed by atoms with Crippen molar-refractivity contribution in [1.82, 2.24) is 5.32 Å². The molecule has 1 aliphatic carbocycles. The molecule has 0 spiro atoms. The van der Waals surface area contributed by atoms with Gasteiger partial charge in [-0.2, -0.15) is 0 Å². The Labute approximate surface area is 145 Å². The largest absolute Gasteiger partial charge is 0.438 e. The van der Waals surface area contributed by atoms with Crippen LogP contribution in [0, 0.1) is 11.7 Å². The fourth-order valence-corrected chi connectivity index (χ4v) is 3.71. The molecule has 0 saturated heterocycles. The van der Waals surface area contributed by atoms with Crippen molar-refractivity contribution in [3.05, 3.63) is 53.5 Å². The van der Waals surface area contributed by atoms with E-state index in [1.165, 1.54) is 18.2 Å². The molecule has 1 atom stereocenters. The Morgan fingerprint density at radius 3 is 2.36 bits per heavy atom. The second kappa shape index (κ2) is 6.97. The number of hydrogen-bond donors (Lipinski definition) is 2. The highest BCUT2D eigenvalue weighted by atomic mass is 32.2. The number of benzene rings is 1. The SMILES string of the molecule is NS(=O)(=O)c1ccc(C(=O)NC(c2ccc(F)cc2)C2CCCC2)o1. The topological polar surface area (TPSA) is 102 Å². The monoisotopic (exact) mass is 366 g/mol. The van der Waals surface area contributed by atoms with Gasteiger partial charge in [-0.15, -0.1) is 0 Å². The van der Waals surface area contributed by atoms with E-state index in [1.54, 1.807) is 12.1 Å². The molecule has 3 N–H and O–H groups in total. The summed E-state index contributed by atoms with van der Waals surface area (Å²) in [7, 11) is -4.00. The number of carbonyl (C=O) groups excluding carboxylic acids is 1. The lowest BCUT2D eigenvalue weighted by Gasteiger charge is -2.25. The minimum atomic E-state index is -4.00. The summed E-state index contributed by atoms with van der Waals surface area (Å²) in [6.45, 7) is 0. The van der Waals surface area contributed by atoms with Crippen LogP contribution in [-0.4, -0.2) is 14.3 Å². The summed E-state index contributed by atoms with van der Waals surface area (Å²) in [5, 5.41) is 7.41. The normalized spacial score (nSPS) is 16.7. The van der Waals surface area contributed by atoms with E-state index >= 15 is 0 Å². The van der Waals surface area contributed by atoms with Crippen molar-refractivity contribution < 1.29 is 22.0 Å². The first-order chi connectivity index (χ1) is 11.8. The van der Waals surface area contributed by atoms with Crippen molar-refractivity contribution in [2.24, 2.45) is 11.1 Å². The van der Waals surface area contributed by atoms with Crippen LogP contribution in [0.2, 0.25) is 0 Å². The Kier molecular flexibility index (Phi) is 4.91. The van der Waals surface area contributed by atoms with Crippen LogP contribution in [0.3, 0.4) is 0 Å². The van der Waals surface area contributed by atoms with Crippen LogP contribution in [0.4, 0.5) is 4.39 Å². The third-order valence-corrected chi connectivity index (χ3v) is 5.25. The lowest BCUT2D eigenvalue weighted by molar-refractivity contribution is 0.0888. The van der Waals surface area contributed by atoms with Gasteiger partial charge >= 0.3 is 0 Å². The zero-order valence-electron chi connectivity index (χ0n) is 13.4. The predicted octanol–water partition coefficient (Wildman–Crippen LogP) is 2.73. The molecule has 2 aromatic rings. The lowest BCUT2D eigenvalue weighted by atomic mass is 9.91. The molecule has 134 valence electrons. The number of sulfonamides is 1. The van der Waals surface area contributed by atoms with E-state index in [9.17, 15) is 17.6 Å². The zero-order chi connectivity index (χ0) is 18.0. The Balaban J connectivity index is 1.83. The summed E-state index contributed by atoms with van der Waals surface area (Å²) in [6, 6.07) is 8.13. The second-order valence-electron chi connectivity index (χ2n) is 6.21. The summed E-state index contributed by atoms with van der Waals surface area (Å²) in [4.78, 5) is 12.5. The van der Waals surface area contributed by atoms with Gasteiger partial charge in [-0.3, -0.25) is 4.79 Å². The number of primary sulfonamides is 1. The fraction of sp³-hybridized carbons (Fsp3) is 0.353. The van der Waals surface area contributed by atoms with Crippen LogP contribution in [-0.2, 0) is 10.0 Å². The minimum absolute atomic E-state index is 0.130. The van der Waals surface area contributed by atoms with Gasteiger partial charge in [0, 0.05) is 0 Å². The summed E-state index contributed by atoms with van der Waals surface area (Å²) in [5.41, 5.74) is 0.805. The molecule has 1 unspecified atom stereocenters. The van der Waals surface area contributed by atoms with E-state index in [0.717, 1.165) is 37.3 Å². The number of amides is 1. The molecular formula is C17H19FN2O4S. The molecule has 0 aliphatic heterocycles. The van der Waals surface area contributed by atoms with Gasteiger partial charge in [0.15, 0.2) is 5.76 Å². The van der Waals surface area contributed by atoms with Gasteiger partial charge in [-0.25, -0.2) is 17.9 Å². The number of halogens is 1. The number of rotatable bonds is 5. The Hall–Kier alpha value is -2.19. The molecule has 1 fully saturated rings. The predicted molar refractivity (Wildman–Crippen MR) is 88.6 cm³/mol. The van der Waals surface area contributed by atoms with Crippen LogP contribution < -0.4 is 10.5 Å². The van der Waals surface area contributed by atoms with E-state index in [1.807, 2.05) is 0 Å². The summed E-state index contributed by atoms with van der Waals surface area (Å²) >= 11 is 0. The molecule has 1 aromatic heterocycles. The third kappa shape index (κ3) is 4.08. The van der Waals surface area contributed by atoms with E-state index < -0.39 is 21.0 Å². The van der Waals surface area contributed by atoms with Crippen LogP contribution >= 0.6 is 0 Å². The van der Waals surface area contributed by atoms with Gasteiger partial charge in [0.05, 0.1) is 6.04 Å². The van der Waals surface area contributed by atoms with Crippen LogP contribution in [0.5, 0.6) is 0 Å². The first-order valence-electron chi connectivity index (χ1n) is 8.03. The quantitative estimate of drug-likeness (QED) is 0.849. The minimum Gasteiger partial charge on any atom is -0.438 e. The van der Waals surface area contributed by atoms with E-state index in [-0.39, 0.29) is 23.5 Å². The number of nitrogens with two attached hydrogens (primary N) is 1. The highest BCUT2D eigenvalue weighted by Crippen LogP contribution is 2.36. The average molecular weight is 366 g/mol. The Bertz CT molecular complexity index is 855. The molecule has 0 radical (unpaired) electrons. The maximum atomic E-state index is 13.2. The highest BCUT2D eigenvalue weighted by molar-refractivity contribution is 7.89. The summed E-state index contributed by atoms with van der Waals surface area (Å²) in [6.07, 6.45) is 4.08. The highest BCUT2D eigenvalue weighted by Gasteiger charge is 2.29. The molecule has 6 nitrogen and oxygen atoms in total. The first kappa shape index (κ1) is 17.6. The van der Waals surface area contributed by atoms with Gasteiger partial charge < -0.3 is 9.73 Å². The zero-order valence-corrected chi connectivity index (χ0v) is 14.3. The molecule has 1 aromatic carbocycles. The molecule has 1 amide bonds. The molecule has 25 heavy (non-hydrogen) atoms. The summed E-state index contributed by atoms with van der Waals surface area (Å²) in [5.74, 6) is -0.767. The molecule has 3 rings (SSSR count). The van der Waals surface area contributed by atoms with Crippen molar-refractivity contribution in [3.63, 3.8) is 0 Å². The lowest BCUT2D eigenvalue weighted by Crippen LogP contribution is -2.32. The Morgan fingerprint density at radius 2 is 1.80 bits per heavy atom. The third-order valence-electron chi connectivity index (χ3n) is 4.47. The number of nitrogens with one attached hydrogen (secondary N) is 1. The molecular weight excluding hydrogens is 347 g/mol. The second-order valence-corrected chi connectivity index (χ2v) is 7.70. The van der Waals surface area contributed by atoms with Crippen molar-refractivity contribution >= 4 is 15.9 Å². The van der Waals surface area contributed by atoms with Crippen molar-refractivity contribution in [3.8, 4) is 0 Å². The van der Waals surface area contributed by atoms with Crippen molar-refractivity contribution in [1.29, 1.82) is 0 Å². The average Bonchev–Trinajstić information content (AvgIpc) is 3.24. The van der Waals surface area contributed by atoms with Gasteiger partial charge in [0.2, 0.25) is 5.09 Å². The van der Waals surface area contributed by atoms with Crippen LogP contribution in [0.15, 0.2) is 45.9 Å². The van der Waals surface area contributed by atoms with E-state index in [4.69, 9.17) is 9.56 Å². The molecule has 1 heterocycles. The molecule has 0 bridgehead atoms. The van der Waals surface area contributed by atoms with E-state index in [2.05, 4.69) is 5.32 Å². The maximum Gasteiger partial charge on any atom is 0.287 e. The smallest absolute Gasteiger partial charge is 0.287 e. The maximum absolute atomic E-state index is 13.2. The van der Waals surface area contributed by atoms with Gasteiger partial charge in [0.1, 0.15) is 5.82 Å². The van der Waals surface area contributed by atoms with Gasteiger partial charge in [-0.1, -0.05) is 25.0 Å². The standard InChI is InChI=1S/C17H19FN2O4S/c18-13-7-5-12(6-8-13)16(11-3-1-2-4-11)20-17(21)14-9-10-15(24-14)25(19,22)23/h5-11,16H,1-4H2,(H,20,21)(H2,19,22,23). The summed E-state index contributed by atoms with van der Waals surface area (Å²) < 4.78 is 40.8. The fourth-order valence-electron chi connectivity index (χ4n) is 3.24. The Morgan fingerprint density at radius 1 is 1.16 bits per heavy atom. The number of hydrogen-bond acceptors (Lipinski definition) is 4. The van der Waals surface area contributed by atoms with Crippen molar-refractivity contribution in [2.75, 3.05) is 0 Å². The van der Waals surface area contributed by atoms with E-state index in [0.29, 0.717) is 0 Å². The molecule has 8 heteroatoms. The molecule has 1 aliphatic rings. The number of furan rings is 1. The first-order valence-corrected chi connectivity index (χ1v) is 9.58. The molecule has 1 saturated carbocycles. The van der Waals surface area contributed by atoms with Crippen LogP contribution in [0.1, 0.15) is 47.8 Å². The van der Waals surface area contributed by atoms with Crippen LogP contribution in [0.25, 0.3) is 0 Å². The van der Waals surface area contributed by atoms with Gasteiger partial charge in [0.25, 0.3) is 15.9 Å². The number of carbonyl (C=O) groups is 1. The van der Waals surface area contributed by atoms with Crippen molar-refractivity contribution in [2.45, 2.75) is 36.8 Å². The van der Waals surface area contributed by atoms with Gasteiger partial charge in [-0.05, 0) is 48.6 Å².